The lowest BCUT2D eigenvalue weighted by Gasteiger charge is -2.34. The summed E-state index contributed by atoms with van der Waals surface area (Å²) in [7, 11) is -3.65. The molecule has 3 rings (SSSR count). The number of hydrogen-bond acceptors (Lipinski definition) is 4. The molecule has 1 aliphatic rings. The van der Waals surface area contributed by atoms with E-state index in [0.29, 0.717) is 5.56 Å². The fraction of sp³-hybridized carbons (Fsp3) is 0.400. The molecule has 0 saturated carbocycles. The highest BCUT2D eigenvalue weighted by Gasteiger charge is 2.32. The van der Waals surface area contributed by atoms with Crippen LogP contribution in [0.2, 0.25) is 0 Å². The van der Waals surface area contributed by atoms with E-state index in [4.69, 9.17) is 0 Å². The van der Waals surface area contributed by atoms with Crippen molar-refractivity contribution >= 4 is 15.9 Å². The van der Waals surface area contributed by atoms with Crippen LogP contribution in [0.3, 0.4) is 0 Å². The number of aromatic nitrogens is 1. The number of benzene rings is 1. The van der Waals surface area contributed by atoms with Gasteiger partial charge in [0.15, 0.2) is 0 Å². The number of halogens is 3. The molecule has 2 aromatic rings. The number of rotatable bonds is 5. The van der Waals surface area contributed by atoms with Gasteiger partial charge in [0.25, 0.3) is 0 Å². The first-order valence-electron chi connectivity index (χ1n) is 9.44. The Morgan fingerprint density at radius 1 is 1.10 bits per heavy atom. The summed E-state index contributed by atoms with van der Waals surface area (Å²) in [5, 5.41) is 0. The minimum Gasteiger partial charge on any atom is -0.340 e. The molecule has 1 aliphatic heterocycles. The fourth-order valence-corrected chi connectivity index (χ4v) is 4.72. The summed E-state index contributed by atoms with van der Waals surface area (Å²) < 4.78 is 64.6. The second-order valence-electron chi connectivity index (χ2n) is 7.20. The third kappa shape index (κ3) is 4.99. The molecule has 0 spiro atoms. The number of sulfonamides is 1. The van der Waals surface area contributed by atoms with Gasteiger partial charge < -0.3 is 4.90 Å². The molecule has 1 aromatic carbocycles. The summed E-state index contributed by atoms with van der Waals surface area (Å²) in [4.78, 5) is 18.1. The Labute approximate surface area is 173 Å². The molecule has 0 radical (unpaired) electrons. The maximum absolute atomic E-state index is 12.7. The molecule has 162 valence electrons. The van der Waals surface area contributed by atoms with Gasteiger partial charge in [0.2, 0.25) is 15.9 Å². The largest absolute Gasteiger partial charge is 0.416 e. The van der Waals surface area contributed by atoms with Crippen molar-refractivity contribution in [2.24, 2.45) is 0 Å². The number of alkyl halides is 3. The lowest BCUT2D eigenvalue weighted by molar-refractivity contribution is -0.137. The summed E-state index contributed by atoms with van der Waals surface area (Å²) in [6, 6.07) is 7.83. The van der Waals surface area contributed by atoms with E-state index in [0.717, 1.165) is 12.1 Å². The van der Waals surface area contributed by atoms with Crippen LogP contribution in [0.25, 0.3) is 0 Å². The first kappa shape index (κ1) is 22.2. The van der Waals surface area contributed by atoms with Gasteiger partial charge in [-0.3, -0.25) is 9.78 Å². The van der Waals surface area contributed by atoms with Crippen molar-refractivity contribution in [1.29, 1.82) is 0 Å². The molecule has 1 amide bonds. The molecule has 1 fully saturated rings. The molecule has 10 heteroatoms. The smallest absolute Gasteiger partial charge is 0.340 e. The van der Waals surface area contributed by atoms with E-state index >= 15 is 0 Å². The molecule has 1 aromatic heterocycles. The monoisotopic (exact) mass is 441 g/mol. The molecular formula is C20H22F3N3O3S. The van der Waals surface area contributed by atoms with E-state index in [9.17, 15) is 26.4 Å². The topological polar surface area (TPSA) is 70.6 Å². The zero-order valence-corrected chi connectivity index (χ0v) is 17.2. The van der Waals surface area contributed by atoms with Crippen LogP contribution < -0.4 is 0 Å². The number of piperazine rings is 1. The Hall–Kier alpha value is -2.46. The summed E-state index contributed by atoms with van der Waals surface area (Å²) in [6.45, 7) is 2.66. The molecular weight excluding hydrogens is 419 g/mol. The second-order valence-corrected chi connectivity index (χ2v) is 9.14. The van der Waals surface area contributed by atoms with Gasteiger partial charge in [-0.05, 0) is 35.7 Å². The zero-order valence-electron chi connectivity index (χ0n) is 16.3. The molecule has 0 aliphatic carbocycles. The number of pyridine rings is 1. The number of amides is 1. The van der Waals surface area contributed by atoms with Crippen molar-refractivity contribution < 1.29 is 26.4 Å². The van der Waals surface area contributed by atoms with Gasteiger partial charge in [0.05, 0.1) is 5.56 Å². The maximum Gasteiger partial charge on any atom is 0.416 e. The summed E-state index contributed by atoms with van der Waals surface area (Å²) in [6.07, 6.45) is -1.47. The third-order valence-electron chi connectivity index (χ3n) is 5.15. The van der Waals surface area contributed by atoms with Crippen molar-refractivity contribution in [1.82, 2.24) is 14.2 Å². The van der Waals surface area contributed by atoms with E-state index in [1.54, 1.807) is 17.9 Å². The van der Waals surface area contributed by atoms with Crippen LogP contribution in [0.1, 0.15) is 30.4 Å². The van der Waals surface area contributed by atoms with Crippen LogP contribution in [-0.2, 0) is 21.0 Å². The molecule has 1 unspecified atom stereocenters. The number of carbonyl (C=O) groups is 1. The van der Waals surface area contributed by atoms with E-state index < -0.39 is 21.8 Å². The highest BCUT2D eigenvalue weighted by molar-refractivity contribution is 7.89. The SMILES string of the molecule is CC(CC(=O)N1CCN(S(=O)(=O)c2cccnc2)CC1)c1ccc(C(F)(F)F)cc1. The minimum atomic E-state index is -4.40. The van der Waals surface area contributed by atoms with Gasteiger partial charge in [0.1, 0.15) is 4.90 Å². The predicted octanol–water partition coefficient (Wildman–Crippen LogP) is 3.13. The van der Waals surface area contributed by atoms with E-state index in [1.807, 2.05) is 0 Å². The van der Waals surface area contributed by atoms with Crippen molar-refractivity contribution in [3.63, 3.8) is 0 Å². The standard InChI is InChI=1S/C20H22F3N3O3S/c1-15(16-4-6-17(7-5-16)20(21,22)23)13-19(27)25-9-11-26(12-10-25)30(28,29)18-3-2-8-24-14-18/h2-8,14-15H,9-13H2,1H3. The number of carbonyl (C=O) groups excluding carboxylic acids is 1. The molecule has 6 nitrogen and oxygen atoms in total. The molecule has 0 N–H and O–H groups in total. The summed E-state index contributed by atoms with van der Waals surface area (Å²) >= 11 is 0. The quantitative estimate of drug-likeness (QED) is 0.715. The van der Waals surface area contributed by atoms with Gasteiger partial charge in [0, 0.05) is 45.0 Å². The normalized spacial score (nSPS) is 17.0. The average Bonchev–Trinajstić information content (AvgIpc) is 2.74. The summed E-state index contributed by atoms with van der Waals surface area (Å²) in [5.74, 6) is -0.405. The van der Waals surface area contributed by atoms with E-state index in [-0.39, 0.29) is 49.3 Å². The van der Waals surface area contributed by atoms with Crippen molar-refractivity contribution in [3.05, 3.63) is 59.9 Å². The fourth-order valence-electron chi connectivity index (χ4n) is 3.34. The predicted molar refractivity (Wildman–Crippen MR) is 104 cm³/mol. The second kappa shape index (κ2) is 8.73. The van der Waals surface area contributed by atoms with Crippen LogP contribution in [-0.4, -0.2) is 54.7 Å². The van der Waals surface area contributed by atoms with Crippen LogP contribution in [0, 0.1) is 0 Å². The van der Waals surface area contributed by atoms with Gasteiger partial charge in [-0.25, -0.2) is 8.42 Å². The first-order valence-corrected chi connectivity index (χ1v) is 10.9. The Kier molecular flexibility index (Phi) is 6.47. The highest BCUT2D eigenvalue weighted by atomic mass is 32.2. The molecule has 2 heterocycles. The van der Waals surface area contributed by atoms with Gasteiger partial charge in [-0.15, -0.1) is 0 Å². The van der Waals surface area contributed by atoms with Crippen LogP contribution >= 0.6 is 0 Å². The minimum absolute atomic E-state index is 0.112. The Morgan fingerprint density at radius 2 is 1.73 bits per heavy atom. The van der Waals surface area contributed by atoms with Crippen LogP contribution in [0.15, 0.2) is 53.7 Å². The van der Waals surface area contributed by atoms with Crippen molar-refractivity contribution in [3.8, 4) is 0 Å². The highest BCUT2D eigenvalue weighted by Crippen LogP contribution is 2.31. The Balaban J connectivity index is 1.56. The number of nitrogens with zero attached hydrogens (tertiary/aromatic N) is 3. The Bertz CT molecular complexity index is 972. The van der Waals surface area contributed by atoms with Crippen LogP contribution in [0.5, 0.6) is 0 Å². The third-order valence-corrected chi connectivity index (χ3v) is 7.03. The molecule has 30 heavy (non-hydrogen) atoms. The number of hydrogen-bond donors (Lipinski definition) is 0. The molecule has 1 saturated heterocycles. The van der Waals surface area contributed by atoms with Gasteiger partial charge in [-0.2, -0.15) is 17.5 Å². The Morgan fingerprint density at radius 3 is 2.27 bits per heavy atom. The average molecular weight is 441 g/mol. The van der Waals surface area contributed by atoms with E-state index in [1.165, 1.54) is 34.9 Å². The zero-order chi connectivity index (χ0) is 21.9. The molecule has 1 atom stereocenters. The lowest BCUT2D eigenvalue weighted by Crippen LogP contribution is -2.50. The summed E-state index contributed by atoms with van der Waals surface area (Å²) in [5.41, 5.74) is -0.0788. The first-order chi connectivity index (χ1) is 14.1. The lowest BCUT2D eigenvalue weighted by atomic mass is 9.96. The van der Waals surface area contributed by atoms with Crippen molar-refractivity contribution in [2.45, 2.75) is 30.3 Å². The van der Waals surface area contributed by atoms with Gasteiger partial charge in [-0.1, -0.05) is 19.1 Å². The van der Waals surface area contributed by atoms with Gasteiger partial charge >= 0.3 is 6.18 Å². The van der Waals surface area contributed by atoms with Crippen molar-refractivity contribution in [2.75, 3.05) is 26.2 Å². The molecule has 0 bridgehead atoms. The maximum atomic E-state index is 12.7. The van der Waals surface area contributed by atoms with E-state index in [2.05, 4.69) is 4.98 Å². The van der Waals surface area contributed by atoms with Crippen LogP contribution in [0.4, 0.5) is 13.2 Å².